The Labute approximate surface area is 133 Å². The molecule has 0 spiro atoms. The minimum Gasteiger partial charge on any atom is -0.207 e. The maximum atomic E-state index is 13.9. The molecule has 20 heavy (non-hydrogen) atoms. The highest BCUT2D eigenvalue weighted by Gasteiger charge is 2.15. The fourth-order valence-corrected chi connectivity index (χ4v) is 3.05. The summed E-state index contributed by atoms with van der Waals surface area (Å²) in [5.41, 5.74) is 3.20. The summed E-state index contributed by atoms with van der Waals surface area (Å²) in [5.74, 6) is 0.110. The van der Waals surface area contributed by atoms with Gasteiger partial charge in [0.05, 0.1) is 0 Å². The third kappa shape index (κ3) is 3.83. The lowest BCUT2D eigenvalue weighted by molar-refractivity contribution is 0.550. The maximum Gasteiger partial charge on any atom is 0.127 e. The maximum absolute atomic E-state index is 13.9. The second-order valence-electron chi connectivity index (χ2n) is 5.06. The third-order valence-corrected chi connectivity index (χ3v) is 4.81. The van der Waals surface area contributed by atoms with Crippen molar-refractivity contribution in [3.05, 3.63) is 70.0 Å². The van der Waals surface area contributed by atoms with Crippen LogP contribution in [0.2, 0.25) is 5.02 Å². The van der Waals surface area contributed by atoms with Gasteiger partial charge in [0.1, 0.15) is 5.82 Å². The predicted octanol–water partition coefficient (Wildman–Crippen LogP) is 5.58. The zero-order valence-corrected chi connectivity index (χ0v) is 13.7. The largest absolute Gasteiger partial charge is 0.207 e. The Hall–Kier alpha value is -0.860. The minimum atomic E-state index is -0.215. The first kappa shape index (κ1) is 15.5. The molecule has 1 atom stereocenters. The number of hydrogen-bond donors (Lipinski definition) is 0. The molecule has 0 saturated heterocycles. The van der Waals surface area contributed by atoms with Gasteiger partial charge in [-0.05, 0) is 48.9 Å². The Morgan fingerprint density at radius 3 is 2.50 bits per heavy atom. The third-order valence-electron chi connectivity index (χ3n) is 3.54. The summed E-state index contributed by atoms with van der Waals surface area (Å²) in [6.07, 6.45) is 1.56. The summed E-state index contributed by atoms with van der Waals surface area (Å²) < 4.78 is 13.9. The van der Waals surface area contributed by atoms with E-state index < -0.39 is 0 Å². The number of hydrogen-bond acceptors (Lipinski definition) is 0. The Bertz CT molecular complexity index is 563. The molecular formula is C17H17BrClF. The highest BCUT2D eigenvalue weighted by atomic mass is 79.9. The summed E-state index contributed by atoms with van der Waals surface area (Å²) in [6, 6.07) is 13.2. The lowest BCUT2D eigenvalue weighted by atomic mass is 9.92. The highest BCUT2D eigenvalue weighted by Crippen LogP contribution is 2.25. The van der Waals surface area contributed by atoms with Gasteiger partial charge in [-0.1, -0.05) is 57.9 Å². The molecule has 0 aliphatic heterocycles. The van der Waals surface area contributed by atoms with Crippen molar-refractivity contribution in [2.75, 3.05) is 5.33 Å². The van der Waals surface area contributed by atoms with Gasteiger partial charge < -0.3 is 0 Å². The molecular weight excluding hydrogens is 339 g/mol. The van der Waals surface area contributed by atoms with Gasteiger partial charge in [0.25, 0.3) is 0 Å². The van der Waals surface area contributed by atoms with Gasteiger partial charge >= 0.3 is 0 Å². The normalized spacial score (nSPS) is 12.4. The quantitative estimate of drug-likeness (QED) is 0.614. The van der Waals surface area contributed by atoms with Crippen molar-refractivity contribution in [3.8, 4) is 0 Å². The molecule has 1 unspecified atom stereocenters. The van der Waals surface area contributed by atoms with Gasteiger partial charge in [0.2, 0.25) is 0 Å². The SMILES string of the molecule is Cc1ccccc1CC(CBr)Cc1c(F)cccc1Cl. The van der Waals surface area contributed by atoms with Crippen LogP contribution in [0.4, 0.5) is 4.39 Å². The van der Waals surface area contributed by atoms with Crippen molar-refractivity contribution in [2.45, 2.75) is 19.8 Å². The standard InChI is InChI=1S/C17H17BrClF/c1-12-5-2-3-6-14(12)9-13(11-18)10-15-16(19)7-4-8-17(15)20/h2-8,13H,9-11H2,1H3. The highest BCUT2D eigenvalue weighted by molar-refractivity contribution is 9.09. The number of aryl methyl sites for hydroxylation is 1. The summed E-state index contributed by atoms with van der Waals surface area (Å²) in [7, 11) is 0. The van der Waals surface area contributed by atoms with Crippen LogP contribution in [0.15, 0.2) is 42.5 Å². The molecule has 2 aromatic rings. The van der Waals surface area contributed by atoms with Crippen LogP contribution in [-0.2, 0) is 12.8 Å². The number of alkyl halides is 1. The van der Waals surface area contributed by atoms with E-state index in [0.717, 1.165) is 11.8 Å². The van der Waals surface area contributed by atoms with E-state index in [-0.39, 0.29) is 5.82 Å². The second kappa shape index (κ2) is 7.24. The van der Waals surface area contributed by atoms with Crippen molar-refractivity contribution in [1.29, 1.82) is 0 Å². The van der Waals surface area contributed by atoms with Crippen molar-refractivity contribution in [1.82, 2.24) is 0 Å². The predicted molar refractivity (Wildman–Crippen MR) is 87.3 cm³/mol. The minimum absolute atomic E-state index is 0.215. The smallest absolute Gasteiger partial charge is 0.127 e. The fourth-order valence-electron chi connectivity index (χ4n) is 2.35. The van der Waals surface area contributed by atoms with E-state index in [1.54, 1.807) is 12.1 Å². The van der Waals surface area contributed by atoms with Crippen LogP contribution < -0.4 is 0 Å². The first-order valence-electron chi connectivity index (χ1n) is 6.65. The fraction of sp³-hybridized carbons (Fsp3) is 0.294. The molecule has 0 aromatic heterocycles. The van der Waals surface area contributed by atoms with E-state index in [1.807, 2.05) is 12.1 Å². The Morgan fingerprint density at radius 2 is 1.85 bits per heavy atom. The number of rotatable bonds is 5. The van der Waals surface area contributed by atoms with Crippen LogP contribution in [0.1, 0.15) is 16.7 Å². The van der Waals surface area contributed by atoms with Crippen molar-refractivity contribution in [2.24, 2.45) is 5.92 Å². The van der Waals surface area contributed by atoms with Crippen LogP contribution in [0.25, 0.3) is 0 Å². The van der Waals surface area contributed by atoms with Crippen LogP contribution in [0, 0.1) is 18.7 Å². The molecule has 0 nitrogen and oxygen atoms in total. The lowest BCUT2D eigenvalue weighted by Crippen LogP contribution is -2.12. The van der Waals surface area contributed by atoms with Crippen LogP contribution in [0.3, 0.4) is 0 Å². The van der Waals surface area contributed by atoms with Crippen molar-refractivity contribution < 1.29 is 4.39 Å². The summed E-state index contributed by atoms with van der Waals surface area (Å²) in [6.45, 7) is 2.11. The first-order valence-corrected chi connectivity index (χ1v) is 8.15. The zero-order valence-electron chi connectivity index (χ0n) is 11.4. The molecule has 0 saturated carbocycles. The first-order chi connectivity index (χ1) is 9.61. The molecule has 0 bridgehead atoms. The van der Waals surface area contributed by atoms with Gasteiger partial charge in [-0.25, -0.2) is 4.39 Å². The van der Waals surface area contributed by atoms with Gasteiger partial charge in [0, 0.05) is 15.9 Å². The average molecular weight is 356 g/mol. The molecule has 0 heterocycles. The molecule has 0 aliphatic carbocycles. The number of halogens is 3. The van der Waals surface area contributed by atoms with E-state index in [4.69, 9.17) is 11.6 Å². The number of benzene rings is 2. The monoisotopic (exact) mass is 354 g/mol. The Kier molecular flexibility index (Phi) is 5.62. The zero-order chi connectivity index (χ0) is 14.5. The topological polar surface area (TPSA) is 0 Å². The van der Waals surface area contributed by atoms with Gasteiger partial charge in [-0.15, -0.1) is 0 Å². The second-order valence-corrected chi connectivity index (χ2v) is 6.11. The van der Waals surface area contributed by atoms with Crippen molar-refractivity contribution in [3.63, 3.8) is 0 Å². The summed E-state index contributed by atoms with van der Waals surface area (Å²) in [4.78, 5) is 0. The molecule has 0 radical (unpaired) electrons. The molecule has 0 amide bonds. The average Bonchev–Trinajstić information content (AvgIpc) is 2.44. The van der Waals surface area contributed by atoms with Gasteiger partial charge in [0.15, 0.2) is 0 Å². The molecule has 0 fully saturated rings. The summed E-state index contributed by atoms with van der Waals surface area (Å²) in [5, 5.41) is 1.34. The lowest BCUT2D eigenvalue weighted by Gasteiger charge is -2.17. The molecule has 2 rings (SSSR count). The van der Waals surface area contributed by atoms with Crippen molar-refractivity contribution >= 4 is 27.5 Å². The van der Waals surface area contributed by atoms with E-state index in [2.05, 4.69) is 35.0 Å². The molecule has 0 N–H and O–H groups in total. The van der Waals surface area contributed by atoms with Crippen LogP contribution in [0.5, 0.6) is 0 Å². The van der Waals surface area contributed by atoms with Crippen LogP contribution in [-0.4, -0.2) is 5.33 Å². The Morgan fingerprint density at radius 1 is 1.10 bits per heavy atom. The Balaban J connectivity index is 2.16. The van der Waals surface area contributed by atoms with Gasteiger partial charge in [-0.2, -0.15) is 0 Å². The van der Waals surface area contributed by atoms with E-state index in [1.165, 1.54) is 17.2 Å². The summed E-state index contributed by atoms with van der Waals surface area (Å²) >= 11 is 9.65. The van der Waals surface area contributed by atoms with Gasteiger partial charge in [-0.3, -0.25) is 0 Å². The van der Waals surface area contributed by atoms with E-state index >= 15 is 0 Å². The molecule has 3 heteroatoms. The molecule has 2 aromatic carbocycles. The molecule has 106 valence electrons. The van der Waals surface area contributed by atoms with Crippen LogP contribution >= 0.6 is 27.5 Å². The molecule has 0 aliphatic rings. The van der Waals surface area contributed by atoms with E-state index in [9.17, 15) is 4.39 Å². The van der Waals surface area contributed by atoms with E-state index in [0.29, 0.717) is 22.9 Å².